The highest BCUT2D eigenvalue weighted by Crippen LogP contribution is 2.26. The maximum Gasteiger partial charge on any atom is 0.160 e. The van der Waals surface area contributed by atoms with Crippen molar-refractivity contribution in [3.05, 3.63) is 22.9 Å². The standard InChI is InChI=1S/C11H12BrN3O/c12-9-5-8-6-14-15(11(8)13-7-9)10-3-1-2-4-16-10/h5-7,10H,1-4H2/t10-/m0/s1. The lowest BCUT2D eigenvalue weighted by Gasteiger charge is -2.22. The van der Waals surface area contributed by atoms with Crippen molar-refractivity contribution >= 4 is 27.0 Å². The Hall–Kier alpha value is -0.940. The highest BCUT2D eigenvalue weighted by molar-refractivity contribution is 9.10. The molecule has 0 aromatic carbocycles. The van der Waals surface area contributed by atoms with E-state index in [1.54, 1.807) is 6.20 Å². The zero-order valence-electron chi connectivity index (χ0n) is 8.77. The lowest BCUT2D eigenvalue weighted by Crippen LogP contribution is -2.19. The molecule has 84 valence electrons. The van der Waals surface area contributed by atoms with Gasteiger partial charge < -0.3 is 4.74 Å². The second kappa shape index (κ2) is 4.14. The van der Waals surface area contributed by atoms with Gasteiger partial charge in [-0.1, -0.05) is 0 Å². The Morgan fingerprint density at radius 3 is 3.12 bits per heavy atom. The van der Waals surface area contributed by atoms with E-state index in [0.717, 1.165) is 35.0 Å². The largest absolute Gasteiger partial charge is 0.356 e. The van der Waals surface area contributed by atoms with Crippen LogP contribution in [0.3, 0.4) is 0 Å². The first-order chi connectivity index (χ1) is 7.84. The van der Waals surface area contributed by atoms with Crippen LogP contribution >= 0.6 is 15.9 Å². The Labute approximate surface area is 102 Å². The molecule has 3 heterocycles. The fraction of sp³-hybridized carbons (Fsp3) is 0.455. The summed E-state index contributed by atoms with van der Waals surface area (Å²) in [5.74, 6) is 0. The van der Waals surface area contributed by atoms with E-state index in [1.807, 2.05) is 16.9 Å². The number of hydrogen-bond donors (Lipinski definition) is 0. The Kier molecular flexibility index (Phi) is 2.65. The van der Waals surface area contributed by atoms with E-state index in [9.17, 15) is 0 Å². The fourth-order valence-electron chi connectivity index (χ4n) is 2.04. The second-order valence-electron chi connectivity index (χ2n) is 3.98. The molecule has 1 aliphatic rings. The number of rotatable bonds is 1. The van der Waals surface area contributed by atoms with Crippen molar-refractivity contribution in [3.63, 3.8) is 0 Å². The van der Waals surface area contributed by atoms with Crippen molar-refractivity contribution in [2.45, 2.75) is 25.5 Å². The molecule has 16 heavy (non-hydrogen) atoms. The lowest BCUT2D eigenvalue weighted by atomic mass is 10.2. The summed E-state index contributed by atoms with van der Waals surface area (Å²) < 4.78 is 8.58. The van der Waals surface area contributed by atoms with Crippen LogP contribution in [0.25, 0.3) is 11.0 Å². The summed E-state index contributed by atoms with van der Waals surface area (Å²) in [7, 11) is 0. The number of halogens is 1. The van der Waals surface area contributed by atoms with Crippen LogP contribution in [0, 0.1) is 0 Å². The van der Waals surface area contributed by atoms with Gasteiger partial charge in [-0.3, -0.25) is 0 Å². The van der Waals surface area contributed by atoms with Crippen LogP contribution in [0.4, 0.5) is 0 Å². The second-order valence-corrected chi connectivity index (χ2v) is 4.89. The minimum absolute atomic E-state index is 0.0555. The summed E-state index contributed by atoms with van der Waals surface area (Å²) in [5, 5.41) is 5.41. The van der Waals surface area contributed by atoms with E-state index >= 15 is 0 Å². The van der Waals surface area contributed by atoms with Crippen molar-refractivity contribution in [3.8, 4) is 0 Å². The third-order valence-corrected chi connectivity index (χ3v) is 3.26. The maximum atomic E-state index is 5.71. The molecular formula is C11H12BrN3O. The number of fused-ring (bicyclic) bond motifs is 1. The Bertz CT molecular complexity index is 505. The Morgan fingerprint density at radius 2 is 2.31 bits per heavy atom. The van der Waals surface area contributed by atoms with Crippen LogP contribution < -0.4 is 0 Å². The number of hydrogen-bond acceptors (Lipinski definition) is 3. The third kappa shape index (κ3) is 1.74. The van der Waals surface area contributed by atoms with Gasteiger partial charge in [-0.2, -0.15) is 5.10 Å². The third-order valence-electron chi connectivity index (χ3n) is 2.83. The molecule has 0 spiro atoms. The summed E-state index contributed by atoms with van der Waals surface area (Å²) >= 11 is 3.41. The quantitative estimate of drug-likeness (QED) is 0.807. The Morgan fingerprint density at radius 1 is 1.38 bits per heavy atom. The van der Waals surface area contributed by atoms with Gasteiger partial charge in [0.05, 0.1) is 6.20 Å². The maximum absolute atomic E-state index is 5.71. The van der Waals surface area contributed by atoms with E-state index in [-0.39, 0.29) is 6.23 Å². The van der Waals surface area contributed by atoms with E-state index in [0.29, 0.717) is 0 Å². The molecule has 0 unspecified atom stereocenters. The van der Waals surface area contributed by atoms with Crippen molar-refractivity contribution in [2.75, 3.05) is 6.61 Å². The molecule has 1 atom stereocenters. The summed E-state index contributed by atoms with van der Waals surface area (Å²) in [4.78, 5) is 4.39. The summed E-state index contributed by atoms with van der Waals surface area (Å²) in [6, 6.07) is 2.02. The van der Waals surface area contributed by atoms with Gasteiger partial charge in [0.2, 0.25) is 0 Å². The van der Waals surface area contributed by atoms with Gasteiger partial charge in [0.15, 0.2) is 11.9 Å². The molecule has 1 fully saturated rings. The molecule has 0 bridgehead atoms. The molecule has 1 aliphatic heterocycles. The van der Waals surface area contributed by atoms with Gasteiger partial charge in [0.1, 0.15) is 0 Å². The molecule has 0 saturated carbocycles. The summed E-state index contributed by atoms with van der Waals surface area (Å²) in [5.41, 5.74) is 0.898. The van der Waals surface area contributed by atoms with Crippen LogP contribution in [0.5, 0.6) is 0 Å². The number of nitrogens with zero attached hydrogens (tertiary/aromatic N) is 3. The first-order valence-corrected chi connectivity index (χ1v) is 6.24. The Balaban J connectivity index is 2.03. The zero-order chi connectivity index (χ0) is 11.0. The van der Waals surface area contributed by atoms with Crippen molar-refractivity contribution in [1.29, 1.82) is 0 Å². The highest BCUT2D eigenvalue weighted by atomic mass is 79.9. The van der Waals surface area contributed by atoms with Gasteiger partial charge in [0, 0.05) is 22.7 Å². The van der Waals surface area contributed by atoms with E-state index in [1.165, 1.54) is 6.42 Å². The smallest absolute Gasteiger partial charge is 0.160 e. The molecule has 1 saturated heterocycles. The average molecular weight is 282 g/mol. The molecule has 0 aliphatic carbocycles. The predicted octanol–water partition coefficient (Wildman–Crippen LogP) is 2.89. The van der Waals surface area contributed by atoms with E-state index < -0.39 is 0 Å². The summed E-state index contributed by atoms with van der Waals surface area (Å²) in [6.07, 6.45) is 7.06. The monoisotopic (exact) mass is 281 g/mol. The summed E-state index contributed by atoms with van der Waals surface area (Å²) in [6.45, 7) is 0.822. The first kappa shape index (κ1) is 10.2. The number of pyridine rings is 1. The van der Waals surface area contributed by atoms with Gasteiger partial charge in [0.25, 0.3) is 0 Å². The molecule has 2 aromatic heterocycles. The molecule has 0 N–H and O–H groups in total. The van der Waals surface area contributed by atoms with Crippen LogP contribution in [-0.4, -0.2) is 21.4 Å². The number of aromatic nitrogens is 3. The van der Waals surface area contributed by atoms with Crippen molar-refractivity contribution in [1.82, 2.24) is 14.8 Å². The zero-order valence-corrected chi connectivity index (χ0v) is 10.4. The molecule has 4 nitrogen and oxygen atoms in total. The van der Waals surface area contributed by atoms with Crippen molar-refractivity contribution < 1.29 is 4.74 Å². The first-order valence-electron chi connectivity index (χ1n) is 5.45. The molecule has 0 radical (unpaired) electrons. The average Bonchev–Trinajstić information content (AvgIpc) is 2.73. The van der Waals surface area contributed by atoms with Crippen molar-refractivity contribution in [2.24, 2.45) is 0 Å². The highest BCUT2D eigenvalue weighted by Gasteiger charge is 2.18. The molecular weight excluding hydrogens is 270 g/mol. The number of ether oxygens (including phenoxy) is 1. The van der Waals surface area contributed by atoms with Gasteiger partial charge in [-0.15, -0.1) is 0 Å². The minimum Gasteiger partial charge on any atom is -0.356 e. The molecule has 2 aromatic rings. The van der Waals surface area contributed by atoms with Crippen LogP contribution in [0.15, 0.2) is 22.9 Å². The molecule has 0 amide bonds. The van der Waals surface area contributed by atoms with E-state index in [2.05, 4.69) is 26.0 Å². The minimum atomic E-state index is 0.0555. The van der Waals surface area contributed by atoms with Crippen LogP contribution in [-0.2, 0) is 4.74 Å². The van der Waals surface area contributed by atoms with Gasteiger partial charge >= 0.3 is 0 Å². The van der Waals surface area contributed by atoms with E-state index in [4.69, 9.17) is 4.74 Å². The molecule has 3 rings (SSSR count). The predicted molar refractivity (Wildman–Crippen MR) is 64.1 cm³/mol. The normalized spacial score (nSPS) is 21.4. The van der Waals surface area contributed by atoms with Crippen LogP contribution in [0.1, 0.15) is 25.5 Å². The van der Waals surface area contributed by atoms with Crippen LogP contribution in [0.2, 0.25) is 0 Å². The SMILES string of the molecule is Brc1cnc2c(cnn2[C@@H]2CCCCO2)c1. The van der Waals surface area contributed by atoms with Gasteiger partial charge in [-0.05, 0) is 41.3 Å². The molecule has 5 heteroatoms. The lowest BCUT2D eigenvalue weighted by molar-refractivity contribution is -0.0370. The topological polar surface area (TPSA) is 39.9 Å². The fourth-order valence-corrected chi connectivity index (χ4v) is 2.39. The van der Waals surface area contributed by atoms with Gasteiger partial charge in [-0.25, -0.2) is 9.67 Å².